The van der Waals surface area contributed by atoms with Crippen LogP contribution in [0.3, 0.4) is 0 Å². The number of fused-ring (bicyclic) bond motifs is 1. The van der Waals surface area contributed by atoms with E-state index in [1.807, 2.05) is 34.7 Å². The number of hydrogen-bond donors (Lipinski definition) is 1. The number of anilines is 1. The van der Waals surface area contributed by atoms with Gasteiger partial charge in [-0.25, -0.2) is 9.67 Å². The van der Waals surface area contributed by atoms with Crippen LogP contribution in [0.2, 0.25) is 5.02 Å². The molecule has 0 unspecified atom stereocenters. The fraction of sp³-hybridized carbons (Fsp3) is 0.409. The van der Waals surface area contributed by atoms with Crippen molar-refractivity contribution in [2.24, 2.45) is 0 Å². The first-order chi connectivity index (χ1) is 15.0. The highest BCUT2D eigenvalue weighted by Gasteiger charge is 2.25. The summed E-state index contributed by atoms with van der Waals surface area (Å²) in [4.78, 5) is 22.0. The lowest BCUT2D eigenvalue weighted by Gasteiger charge is -2.32. The third-order valence-corrected chi connectivity index (χ3v) is 5.97. The van der Waals surface area contributed by atoms with Crippen molar-refractivity contribution in [3.8, 4) is 5.75 Å². The van der Waals surface area contributed by atoms with Crippen LogP contribution in [0.4, 0.5) is 5.69 Å². The highest BCUT2D eigenvalue weighted by molar-refractivity contribution is 6.32. The zero-order valence-electron chi connectivity index (χ0n) is 18.1. The number of pyridine rings is 1. The van der Waals surface area contributed by atoms with Crippen molar-refractivity contribution in [3.05, 3.63) is 46.7 Å². The van der Waals surface area contributed by atoms with Gasteiger partial charge >= 0.3 is 0 Å². The molecule has 1 aliphatic heterocycles. The largest absolute Gasteiger partial charge is 0.495 e. The first-order valence-corrected chi connectivity index (χ1v) is 10.8. The van der Waals surface area contributed by atoms with Crippen LogP contribution in [0.5, 0.6) is 5.75 Å². The predicted molar refractivity (Wildman–Crippen MR) is 122 cm³/mol. The third kappa shape index (κ3) is 4.31. The molecule has 0 atom stereocenters. The summed E-state index contributed by atoms with van der Waals surface area (Å²) in [6.07, 6.45) is 3.44. The lowest BCUT2D eigenvalue weighted by molar-refractivity contribution is 0.0665. The lowest BCUT2D eigenvalue weighted by atomic mass is 10.1. The van der Waals surface area contributed by atoms with E-state index in [9.17, 15) is 4.79 Å². The number of amides is 1. The van der Waals surface area contributed by atoms with Gasteiger partial charge in [-0.2, -0.15) is 5.10 Å². The van der Waals surface area contributed by atoms with Gasteiger partial charge in [0.25, 0.3) is 5.91 Å². The summed E-state index contributed by atoms with van der Waals surface area (Å²) in [6.45, 7) is 6.36. The summed E-state index contributed by atoms with van der Waals surface area (Å²) in [7, 11) is 3.66. The molecule has 0 saturated carbocycles. The van der Waals surface area contributed by atoms with Crippen LogP contribution in [0.25, 0.3) is 11.0 Å². The van der Waals surface area contributed by atoms with Crippen molar-refractivity contribution in [3.63, 3.8) is 0 Å². The molecular weight excluding hydrogens is 416 g/mol. The van der Waals surface area contributed by atoms with Crippen molar-refractivity contribution >= 4 is 34.2 Å². The van der Waals surface area contributed by atoms with Gasteiger partial charge in [0.05, 0.1) is 35.0 Å². The number of rotatable bonds is 6. The van der Waals surface area contributed by atoms with E-state index in [1.54, 1.807) is 19.5 Å². The lowest BCUT2D eigenvalue weighted by Crippen LogP contribution is -2.47. The maximum absolute atomic E-state index is 13.4. The topological polar surface area (TPSA) is 75.5 Å². The molecule has 4 rings (SSSR count). The quantitative estimate of drug-likeness (QED) is 0.632. The molecule has 3 heterocycles. The van der Waals surface area contributed by atoms with Crippen molar-refractivity contribution in [1.82, 2.24) is 24.6 Å². The summed E-state index contributed by atoms with van der Waals surface area (Å²) >= 11 is 6.28. The number of nitrogens with zero attached hydrogens (tertiary/aromatic N) is 5. The van der Waals surface area contributed by atoms with Crippen molar-refractivity contribution in [1.29, 1.82) is 0 Å². The van der Waals surface area contributed by atoms with Gasteiger partial charge in [0.2, 0.25) is 0 Å². The van der Waals surface area contributed by atoms with Crippen LogP contribution < -0.4 is 10.1 Å². The minimum Gasteiger partial charge on any atom is -0.495 e. The molecule has 0 bridgehead atoms. The standard InChI is InChI=1S/C22H27ClN6O2/c1-4-29-21-16(14-26-29)20(24-12-15-5-6-19(31-3)18(23)11-15)17(13-25-21)22(30)28-9-7-27(2)8-10-28/h5-6,11,13-14H,4,7-10,12H2,1-3H3,(H,24,25). The number of benzene rings is 1. The Balaban J connectivity index is 1.67. The van der Waals surface area contributed by atoms with Gasteiger partial charge in [0.1, 0.15) is 5.75 Å². The number of halogens is 1. The van der Waals surface area contributed by atoms with E-state index in [1.165, 1.54) is 0 Å². The van der Waals surface area contributed by atoms with Crippen LogP contribution >= 0.6 is 11.6 Å². The zero-order valence-corrected chi connectivity index (χ0v) is 18.8. The Morgan fingerprint density at radius 2 is 2.00 bits per heavy atom. The van der Waals surface area contributed by atoms with E-state index in [-0.39, 0.29) is 5.91 Å². The highest BCUT2D eigenvalue weighted by atomic mass is 35.5. The molecule has 1 amide bonds. The number of nitrogens with one attached hydrogen (secondary N) is 1. The molecule has 8 nitrogen and oxygen atoms in total. The fourth-order valence-corrected chi connectivity index (χ4v) is 4.08. The average Bonchev–Trinajstić information content (AvgIpc) is 3.21. The number of carbonyl (C=O) groups excluding carboxylic acids is 1. The summed E-state index contributed by atoms with van der Waals surface area (Å²) in [5.74, 6) is 0.619. The summed E-state index contributed by atoms with van der Waals surface area (Å²) in [5.41, 5.74) is 3.05. The molecule has 1 aliphatic rings. The molecule has 0 aliphatic carbocycles. The molecule has 1 fully saturated rings. The highest BCUT2D eigenvalue weighted by Crippen LogP contribution is 2.29. The zero-order chi connectivity index (χ0) is 22.0. The van der Waals surface area contributed by atoms with Crippen molar-refractivity contribution in [2.45, 2.75) is 20.0 Å². The second-order valence-corrected chi connectivity index (χ2v) is 8.07. The van der Waals surface area contributed by atoms with Gasteiger partial charge in [0.15, 0.2) is 5.65 Å². The van der Waals surface area contributed by atoms with Gasteiger partial charge in [-0.1, -0.05) is 17.7 Å². The first kappa shape index (κ1) is 21.4. The van der Waals surface area contributed by atoms with Gasteiger partial charge in [-0.3, -0.25) is 4.79 Å². The Hall–Kier alpha value is -2.84. The van der Waals surface area contributed by atoms with Crippen LogP contribution in [0.15, 0.2) is 30.6 Å². The molecule has 164 valence electrons. The van der Waals surface area contributed by atoms with Crippen molar-refractivity contribution in [2.75, 3.05) is 45.7 Å². The molecule has 3 aromatic rings. The average molecular weight is 443 g/mol. The van der Waals surface area contributed by atoms with E-state index < -0.39 is 0 Å². The number of aryl methyl sites for hydroxylation is 1. The molecule has 1 aromatic carbocycles. The second-order valence-electron chi connectivity index (χ2n) is 7.66. The van der Waals surface area contributed by atoms with E-state index in [0.717, 1.165) is 35.4 Å². The smallest absolute Gasteiger partial charge is 0.257 e. The number of piperazine rings is 1. The molecule has 1 N–H and O–H groups in total. The normalized spacial score (nSPS) is 14.8. The maximum atomic E-state index is 13.4. The van der Waals surface area contributed by atoms with Crippen molar-refractivity contribution < 1.29 is 9.53 Å². The fourth-order valence-electron chi connectivity index (χ4n) is 3.80. The Labute approximate surface area is 186 Å². The number of hydrogen-bond acceptors (Lipinski definition) is 6. The van der Waals surface area contributed by atoms with Gasteiger partial charge in [-0.15, -0.1) is 0 Å². The number of ether oxygens (including phenoxy) is 1. The van der Waals surface area contributed by atoms with Crippen LogP contribution in [0.1, 0.15) is 22.8 Å². The molecular formula is C22H27ClN6O2. The van der Waals surface area contributed by atoms with Crippen LogP contribution in [0, 0.1) is 0 Å². The Bertz CT molecular complexity index is 1090. The van der Waals surface area contributed by atoms with Crippen LogP contribution in [-0.2, 0) is 13.1 Å². The summed E-state index contributed by atoms with van der Waals surface area (Å²) in [6, 6.07) is 5.66. The number of methoxy groups -OCH3 is 1. The SMILES string of the molecule is CCn1ncc2c(NCc3ccc(OC)c(Cl)c3)c(C(=O)N3CCN(C)CC3)cnc21. The minimum atomic E-state index is -0.0120. The molecule has 0 radical (unpaired) electrons. The van der Waals surface area contributed by atoms with E-state index >= 15 is 0 Å². The molecule has 31 heavy (non-hydrogen) atoms. The van der Waals surface area contributed by atoms with Crippen LogP contribution in [-0.4, -0.2) is 70.8 Å². The molecule has 9 heteroatoms. The number of carbonyl (C=O) groups is 1. The molecule has 0 spiro atoms. The Morgan fingerprint density at radius 3 is 2.68 bits per heavy atom. The molecule has 1 saturated heterocycles. The number of likely N-dealkylation sites (N-methyl/N-ethyl adjacent to an activating group) is 1. The van der Waals surface area contributed by atoms with E-state index in [2.05, 4.69) is 27.3 Å². The minimum absolute atomic E-state index is 0.0120. The number of aromatic nitrogens is 3. The summed E-state index contributed by atoms with van der Waals surface area (Å²) in [5, 5.41) is 9.27. The Morgan fingerprint density at radius 1 is 1.23 bits per heavy atom. The maximum Gasteiger partial charge on any atom is 0.257 e. The van der Waals surface area contributed by atoms with Gasteiger partial charge < -0.3 is 19.9 Å². The second kappa shape index (κ2) is 9.11. The third-order valence-electron chi connectivity index (χ3n) is 5.67. The predicted octanol–water partition coefficient (Wildman–Crippen LogP) is 3.11. The van der Waals surface area contributed by atoms with Gasteiger partial charge in [-0.05, 0) is 31.7 Å². The van der Waals surface area contributed by atoms with E-state index in [0.29, 0.717) is 42.5 Å². The van der Waals surface area contributed by atoms with Gasteiger partial charge in [0, 0.05) is 45.5 Å². The first-order valence-electron chi connectivity index (χ1n) is 10.4. The Kier molecular flexibility index (Phi) is 6.29. The van der Waals surface area contributed by atoms with E-state index in [4.69, 9.17) is 16.3 Å². The summed E-state index contributed by atoms with van der Waals surface area (Å²) < 4.78 is 7.06. The molecule has 2 aromatic heterocycles. The monoisotopic (exact) mass is 442 g/mol.